The lowest BCUT2D eigenvalue weighted by Crippen LogP contribution is -2.14. The first-order valence-corrected chi connectivity index (χ1v) is 8.01. The van der Waals surface area contributed by atoms with Gasteiger partial charge < -0.3 is 20.3 Å². The van der Waals surface area contributed by atoms with Crippen molar-refractivity contribution < 1.29 is 27.8 Å². The van der Waals surface area contributed by atoms with Crippen molar-refractivity contribution in [1.29, 1.82) is 0 Å². The van der Waals surface area contributed by atoms with E-state index in [9.17, 15) is 18.3 Å². The standard InChI is InChI=1S/C19H16F3N3O3/c1-27-11-5-3-10(4-6-11)15-16(13-8-7-12(28-2)9-14(13)26)24-18(23)25-17(15)19(20,21)22/h3-9,26H,1-2H3,(H2,23,24,25). The zero-order valence-corrected chi connectivity index (χ0v) is 14.9. The first-order valence-electron chi connectivity index (χ1n) is 8.01. The van der Waals surface area contributed by atoms with Crippen molar-refractivity contribution in [3.63, 3.8) is 0 Å². The Hall–Kier alpha value is -3.49. The summed E-state index contributed by atoms with van der Waals surface area (Å²) in [5.74, 6) is -0.0528. The monoisotopic (exact) mass is 391 g/mol. The maximum atomic E-state index is 13.7. The maximum Gasteiger partial charge on any atom is 0.434 e. The second-order valence-electron chi connectivity index (χ2n) is 5.76. The highest BCUT2D eigenvalue weighted by atomic mass is 19.4. The predicted octanol–water partition coefficient (Wildman–Crippen LogP) is 4.13. The Morgan fingerprint density at radius 2 is 1.54 bits per heavy atom. The molecule has 0 saturated carbocycles. The lowest BCUT2D eigenvalue weighted by atomic mass is 9.96. The van der Waals surface area contributed by atoms with Gasteiger partial charge in [-0.05, 0) is 29.8 Å². The number of nitrogen functional groups attached to an aromatic ring is 1. The number of aromatic nitrogens is 2. The molecular weight excluding hydrogens is 375 g/mol. The molecule has 0 aliphatic heterocycles. The number of rotatable bonds is 4. The fourth-order valence-corrected chi connectivity index (χ4v) is 2.75. The number of benzene rings is 2. The Bertz CT molecular complexity index is 1010. The Labute approximate surface area is 158 Å². The Morgan fingerprint density at radius 1 is 0.929 bits per heavy atom. The highest BCUT2D eigenvalue weighted by Crippen LogP contribution is 2.43. The van der Waals surface area contributed by atoms with Gasteiger partial charge >= 0.3 is 6.18 Å². The number of nitrogens with zero attached hydrogens (tertiary/aromatic N) is 2. The topological polar surface area (TPSA) is 90.5 Å². The molecule has 146 valence electrons. The van der Waals surface area contributed by atoms with Gasteiger partial charge in [0.25, 0.3) is 0 Å². The van der Waals surface area contributed by atoms with Crippen LogP contribution in [0.3, 0.4) is 0 Å². The number of ether oxygens (including phenoxy) is 2. The fraction of sp³-hybridized carbons (Fsp3) is 0.158. The van der Waals surface area contributed by atoms with Crippen LogP contribution in [-0.4, -0.2) is 29.3 Å². The van der Waals surface area contributed by atoms with E-state index in [1.807, 2.05) is 0 Å². The lowest BCUT2D eigenvalue weighted by Gasteiger charge is -2.17. The molecule has 0 radical (unpaired) electrons. The molecule has 0 aliphatic carbocycles. The van der Waals surface area contributed by atoms with Crippen LogP contribution in [0.1, 0.15) is 5.69 Å². The summed E-state index contributed by atoms with van der Waals surface area (Å²) >= 11 is 0. The van der Waals surface area contributed by atoms with Gasteiger partial charge in [0.05, 0.1) is 19.9 Å². The molecule has 0 fully saturated rings. The third-order valence-corrected chi connectivity index (χ3v) is 4.03. The number of nitrogens with two attached hydrogens (primary N) is 1. The zero-order valence-electron chi connectivity index (χ0n) is 14.9. The van der Waals surface area contributed by atoms with Crippen molar-refractivity contribution in [3.05, 3.63) is 48.2 Å². The number of hydrogen-bond donors (Lipinski definition) is 2. The van der Waals surface area contributed by atoms with E-state index >= 15 is 0 Å². The first kappa shape index (κ1) is 19.3. The summed E-state index contributed by atoms with van der Waals surface area (Å²) in [6.07, 6.45) is -4.79. The van der Waals surface area contributed by atoms with Crippen LogP contribution in [0.25, 0.3) is 22.4 Å². The number of aromatic hydroxyl groups is 1. The largest absolute Gasteiger partial charge is 0.507 e. The van der Waals surface area contributed by atoms with Crippen molar-refractivity contribution >= 4 is 5.95 Å². The average molecular weight is 391 g/mol. The zero-order chi connectivity index (χ0) is 20.5. The molecule has 0 amide bonds. The Balaban J connectivity index is 2.34. The van der Waals surface area contributed by atoms with Crippen LogP contribution in [0.15, 0.2) is 42.5 Å². The van der Waals surface area contributed by atoms with Crippen LogP contribution in [0.2, 0.25) is 0 Å². The summed E-state index contributed by atoms with van der Waals surface area (Å²) in [5.41, 5.74) is 4.15. The molecule has 0 unspecified atom stereocenters. The molecule has 0 saturated heterocycles. The molecular formula is C19H16F3N3O3. The number of phenols is 1. The van der Waals surface area contributed by atoms with E-state index in [-0.39, 0.29) is 28.1 Å². The van der Waals surface area contributed by atoms with Crippen molar-refractivity contribution in [2.24, 2.45) is 0 Å². The van der Waals surface area contributed by atoms with Gasteiger partial charge in [0.2, 0.25) is 5.95 Å². The smallest absolute Gasteiger partial charge is 0.434 e. The first-order chi connectivity index (χ1) is 13.2. The van der Waals surface area contributed by atoms with E-state index < -0.39 is 17.8 Å². The Kier molecular flexibility index (Phi) is 5.00. The quantitative estimate of drug-likeness (QED) is 0.695. The molecule has 9 heteroatoms. The summed E-state index contributed by atoms with van der Waals surface area (Å²) in [6.45, 7) is 0. The van der Waals surface area contributed by atoms with E-state index in [0.29, 0.717) is 11.5 Å². The molecule has 0 atom stereocenters. The number of methoxy groups -OCH3 is 2. The molecule has 0 bridgehead atoms. The normalized spacial score (nSPS) is 11.3. The van der Waals surface area contributed by atoms with Crippen LogP contribution >= 0.6 is 0 Å². The lowest BCUT2D eigenvalue weighted by molar-refractivity contribution is -0.140. The summed E-state index contributed by atoms with van der Waals surface area (Å²) < 4.78 is 51.2. The van der Waals surface area contributed by atoms with E-state index in [2.05, 4.69) is 9.97 Å². The molecule has 3 N–H and O–H groups in total. The Morgan fingerprint density at radius 3 is 2.07 bits per heavy atom. The molecule has 1 heterocycles. The van der Waals surface area contributed by atoms with Crippen LogP contribution in [-0.2, 0) is 6.18 Å². The molecule has 28 heavy (non-hydrogen) atoms. The molecule has 6 nitrogen and oxygen atoms in total. The van der Waals surface area contributed by atoms with Crippen LogP contribution < -0.4 is 15.2 Å². The summed E-state index contributed by atoms with van der Waals surface area (Å²) in [7, 11) is 2.85. The minimum absolute atomic E-state index is 0.0613. The van der Waals surface area contributed by atoms with Crippen molar-refractivity contribution in [1.82, 2.24) is 9.97 Å². The van der Waals surface area contributed by atoms with E-state index in [4.69, 9.17) is 15.2 Å². The average Bonchev–Trinajstić information content (AvgIpc) is 2.66. The van der Waals surface area contributed by atoms with Crippen LogP contribution in [0, 0.1) is 0 Å². The maximum absolute atomic E-state index is 13.7. The van der Waals surface area contributed by atoms with Gasteiger partial charge in [-0.1, -0.05) is 12.1 Å². The van der Waals surface area contributed by atoms with Crippen molar-refractivity contribution in [2.45, 2.75) is 6.18 Å². The van der Waals surface area contributed by atoms with Gasteiger partial charge in [-0.25, -0.2) is 9.97 Å². The number of alkyl halides is 3. The number of anilines is 1. The van der Waals surface area contributed by atoms with E-state index in [0.717, 1.165) is 0 Å². The highest BCUT2D eigenvalue weighted by Gasteiger charge is 2.38. The number of halogens is 3. The second-order valence-corrected chi connectivity index (χ2v) is 5.76. The summed E-state index contributed by atoms with van der Waals surface area (Å²) in [5, 5.41) is 10.3. The minimum atomic E-state index is -4.79. The van der Waals surface area contributed by atoms with Gasteiger partial charge in [-0.2, -0.15) is 13.2 Å². The van der Waals surface area contributed by atoms with E-state index in [1.165, 1.54) is 56.7 Å². The minimum Gasteiger partial charge on any atom is -0.507 e. The van der Waals surface area contributed by atoms with E-state index in [1.54, 1.807) is 0 Å². The SMILES string of the molecule is COc1ccc(-c2c(-c3ccc(OC)cc3O)nc(N)nc2C(F)(F)F)cc1. The predicted molar refractivity (Wildman–Crippen MR) is 97.1 cm³/mol. The van der Waals surface area contributed by atoms with Gasteiger partial charge in [0.1, 0.15) is 17.2 Å². The van der Waals surface area contributed by atoms with Crippen LogP contribution in [0.4, 0.5) is 19.1 Å². The van der Waals surface area contributed by atoms with Gasteiger partial charge in [0.15, 0.2) is 5.69 Å². The number of hydrogen-bond acceptors (Lipinski definition) is 6. The highest BCUT2D eigenvalue weighted by molar-refractivity contribution is 5.86. The summed E-state index contributed by atoms with van der Waals surface area (Å²) in [4.78, 5) is 7.40. The number of phenolic OH excluding ortho intramolecular Hbond substituents is 1. The molecule has 3 aromatic rings. The van der Waals surface area contributed by atoms with Crippen LogP contribution in [0.5, 0.6) is 17.2 Å². The van der Waals surface area contributed by atoms with Crippen molar-refractivity contribution in [2.75, 3.05) is 20.0 Å². The molecule has 0 aliphatic rings. The fourth-order valence-electron chi connectivity index (χ4n) is 2.75. The van der Waals surface area contributed by atoms with Gasteiger partial charge in [0, 0.05) is 17.2 Å². The third-order valence-electron chi connectivity index (χ3n) is 4.03. The van der Waals surface area contributed by atoms with Gasteiger partial charge in [-0.15, -0.1) is 0 Å². The molecule has 3 rings (SSSR count). The molecule has 2 aromatic carbocycles. The molecule has 1 aromatic heterocycles. The second kappa shape index (κ2) is 7.26. The van der Waals surface area contributed by atoms with Crippen molar-refractivity contribution in [3.8, 4) is 39.6 Å². The third kappa shape index (κ3) is 3.64. The summed E-state index contributed by atoms with van der Waals surface area (Å²) in [6, 6.07) is 10.1. The van der Waals surface area contributed by atoms with Gasteiger partial charge in [-0.3, -0.25) is 0 Å². The molecule has 0 spiro atoms.